The van der Waals surface area contributed by atoms with Gasteiger partial charge in [-0.15, -0.1) is 0 Å². The minimum absolute atomic E-state index is 0.00541. The van der Waals surface area contributed by atoms with Crippen molar-refractivity contribution >= 4 is 35.6 Å². The van der Waals surface area contributed by atoms with Gasteiger partial charge in [0.25, 0.3) is 0 Å². The van der Waals surface area contributed by atoms with Gasteiger partial charge in [-0.2, -0.15) is 0 Å². The average molecular weight is 553 g/mol. The molecule has 0 aliphatic carbocycles. The molecule has 10 heteroatoms. The third-order valence-corrected chi connectivity index (χ3v) is 8.57. The summed E-state index contributed by atoms with van der Waals surface area (Å²) in [6, 6.07) is 16.0. The molecule has 208 valence electrons. The zero-order valence-electron chi connectivity index (χ0n) is 22.8. The van der Waals surface area contributed by atoms with Crippen molar-refractivity contribution in [3.05, 3.63) is 65.5 Å². The van der Waals surface area contributed by atoms with Crippen LogP contribution in [0.4, 0.5) is 5.82 Å². The molecule has 5 rings (SSSR count). The highest BCUT2D eigenvalue weighted by Gasteiger charge is 2.36. The Kier molecular flexibility index (Phi) is 8.64. The molecular formula is C29H37N4O5P. The summed E-state index contributed by atoms with van der Waals surface area (Å²) in [5, 5.41) is 0.937. The van der Waals surface area contributed by atoms with Crippen LogP contribution in [0, 0.1) is 0 Å². The number of rotatable bonds is 11. The summed E-state index contributed by atoms with van der Waals surface area (Å²) in [6.07, 6.45) is 2.59. The van der Waals surface area contributed by atoms with Gasteiger partial charge in [-0.1, -0.05) is 62.7 Å². The zero-order valence-corrected chi connectivity index (χ0v) is 23.7. The van der Waals surface area contributed by atoms with E-state index in [2.05, 4.69) is 41.6 Å². The van der Waals surface area contributed by atoms with Gasteiger partial charge in [-0.05, 0) is 37.0 Å². The number of phosphoric acid groups is 1. The lowest BCUT2D eigenvalue weighted by molar-refractivity contribution is 0.0527. The van der Waals surface area contributed by atoms with Crippen LogP contribution in [0.25, 0.3) is 21.9 Å². The van der Waals surface area contributed by atoms with Crippen LogP contribution < -0.4 is 5.73 Å². The lowest BCUT2D eigenvalue weighted by atomic mass is 9.98. The molecule has 9 nitrogen and oxygen atoms in total. The summed E-state index contributed by atoms with van der Waals surface area (Å²) >= 11 is 0. The number of nitrogens with zero attached hydrogens (tertiary/aromatic N) is 3. The standard InChI is InChI=1S/C29H37N4O5P/c1-4-10-23(18-38-39(34)36-16-22(17-37-39)21-12-9-11-20(5-2)15-21)33-26(19-35-6-3)32-27-28(33)24-13-7-8-14-25(24)31-29(27)30/h7-9,11-15,22-23H,4-6,10,16-19H2,1-3H3,(H2,30,31). The van der Waals surface area contributed by atoms with E-state index < -0.39 is 7.82 Å². The van der Waals surface area contributed by atoms with Crippen molar-refractivity contribution in [2.75, 3.05) is 32.2 Å². The first-order valence-corrected chi connectivity index (χ1v) is 15.2. The smallest absolute Gasteiger partial charge is 0.382 e. The topological polar surface area (TPSA) is 111 Å². The second-order valence-corrected chi connectivity index (χ2v) is 11.5. The number of hydrogen-bond donors (Lipinski definition) is 1. The molecule has 2 aromatic heterocycles. The predicted octanol–water partition coefficient (Wildman–Crippen LogP) is 6.56. The molecule has 0 amide bonds. The Morgan fingerprint density at radius 3 is 2.64 bits per heavy atom. The number of nitrogen functional groups attached to an aromatic ring is 1. The number of aromatic nitrogens is 3. The Morgan fingerprint density at radius 1 is 1.10 bits per heavy atom. The number of anilines is 1. The molecule has 1 fully saturated rings. The van der Waals surface area contributed by atoms with E-state index in [0.717, 1.165) is 47.1 Å². The normalized spacial score (nSPS) is 20.5. The maximum absolute atomic E-state index is 13.5. The Bertz CT molecular complexity index is 1480. The van der Waals surface area contributed by atoms with E-state index in [9.17, 15) is 4.57 Å². The third kappa shape index (κ3) is 5.88. The van der Waals surface area contributed by atoms with E-state index >= 15 is 0 Å². The summed E-state index contributed by atoms with van der Waals surface area (Å²) in [5.41, 5.74) is 11.0. The van der Waals surface area contributed by atoms with Crippen molar-refractivity contribution in [3.63, 3.8) is 0 Å². The van der Waals surface area contributed by atoms with Crippen LogP contribution in [0.1, 0.15) is 62.5 Å². The first-order valence-electron chi connectivity index (χ1n) is 13.7. The van der Waals surface area contributed by atoms with Crippen LogP contribution in [0.5, 0.6) is 0 Å². The number of fused-ring (bicyclic) bond motifs is 3. The second kappa shape index (κ2) is 12.1. The summed E-state index contributed by atoms with van der Waals surface area (Å²) < 4.78 is 38.8. The maximum Gasteiger partial charge on any atom is 0.474 e. The molecule has 0 bridgehead atoms. The van der Waals surface area contributed by atoms with E-state index in [4.69, 9.17) is 29.0 Å². The quantitative estimate of drug-likeness (QED) is 0.208. The summed E-state index contributed by atoms with van der Waals surface area (Å²) in [6.45, 7) is 7.71. The molecule has 39 heavy (non-hydrogen) atoms. The average Bonchev–Trinajstić information content (AvgIpc) is 3.35. The monoisotopic (exact) mass is 552 g/mol. The molecule has 1 unspecified atom stereocenters. The highest BCUT2D eigenvalue weighted by molar-refractivity contribution is 7.48. The number of phosphoric ester groups is 1. The number of ether oxygens (including phenoxy) is 1. The molecule has 0 spiro atoms. The maximum atomic E-state index is 13.5. The van der Waals surface area contributed by atoms with E-state index in [1.807, 2.05) is 37.3 Å². The predicted molar refractivity (Wildman–Crippen MR) is 153 cm³/mol. The van der Waals surface area contributed by atoms with Crippen molar-refractivity contribution < 1.29 is 22.9 Å². The van der Waals surface area contributed by atoms with Crippen LogP contribution >= 0.6 is 7.82 Å². The van der Waals surface area contributed by atoms with Crippen molar-refractivity contribution in [1.29, 1.82) is 0 Å². The Balaban J connectivity index is 1.41. The van der Waals surface area contributed by atoms with Gasteiger partial charge in [0.2, 0.25) is 0 Å². The first-order chi connectivity index (χ1) is 19.0. The molecule has 4 aromatic rings. The van der Waals surface area contributed by atoms with E-state index in [-0.39, 0.29) is 31.8 Å². The highest BCUT2D eigenvalue weighted by atomic mass is 31.2. The van der Waals surface area contributed by atoms with Gasteiger partial charge in [-0.3, -0.25) is 13.6 Å². The van der Waals surface area contributed by atoms with Gasteiger partial charge in [0.1, 0.15) is 17.9 Å². The molecule has 2 aromatic carbocycles. The summed E-state index contributed by atoms with van der Waals surface area (Å²) in [7, 11) is -3.73. The largest absolute Gasteiger partial charge is 0.474 e. The fraction of sp³-hybridized carbons (Fsp3) is 0.448. The van der Waals surface area contributed by atoms with Crippen molar-refractivity contribution in [1.82, 2.24) is 14.5 Å². The SMILES string of the molecule is CCCC(COP1(=O)OCC(c2cccc(CC)c2)CO1)n1c(COCC)nc2c(N)nc3ccccc3c21. The molecule has 1 saturated heterocycles. The minimum atomic E-state index is -3.73. The zero-order chi connectivity index (χ0) is 27.4. The van der Waals surface area contributed by atoms with Crippen molar-refractivity contribution in [2.45, 2.75) is 58.6 Å². The lowest BCUT2D eigenvalue weighted by Gasteiger charge is -2.30. The Labute approximate surface area is 229 Å². The molecule has 3 heterocycles. The second-order valence-electron chi connectivity index (χ2n) is 9.82. The van der Waals surface area contributed by atoms with E-state index in [0.29, 0.717) is 24.5 Å². The number of hydrogen-bond acceptors (Lipinski definition) is 8. The number of pyridine rings is 1. The summed E-state index contributed by atoms with van der Waals surface area (Å²) in [4.78, 5) is 9.40. The fourth-order valence-corrected chi connectivity index (χ4v) is 6.44. The number of benzene rings is 2. The Hall–Kier alpha value is -2.81. The number of aryl methyl sites for hydroxylation is 1. The molecule has 1 atom stereocenters. The van der Waals surface area contributed by atoms with Gasteiger partial charge >= 0.3 is 7.82 Å². The minimum Gasteiger partial charge on any atom is -0.382 e. The van der Waals surface area contributed by atoms with Gasteiger partial charge in [0.05, 0.1) is 36.9 Å². The molecule has 1 aliphatic heterocycles. The van der Waals surface area contributed by atoms with Crippen LogP contribution in [0.2, 0.25) is 0 Å². The van der Waals surface area contributed by atoms with Gasteiger partial charge < -0.3 is 15.0 Å². The van der Waals surface area contributed by atoms with Gasteiger partial charge in [0, 0.05) is 17.9 Å². The van der Waals surface area contributed by atoms with Crippen LogP contribution in [-0.2, 0) is 35.9 Å². The molecule has 0 saturated carbocycles. The Morgan fingerprint density at radius 2 is 1.90 bits per heavy atom. The molecular weight excluding hydrogens is 515 g/mol. The highest BCUT2D eigenvalue weighted by Crippen LogP contribution is 2.54. The molecule has 0 radical (unpaired) electrons. The van der Waals surface area contributed by atoms with Gasteiger partial charge in [-0.25, -0.2) is 14.5 Å². The number of para-hydroxylation sites is 1. The first kappa shape index (κ1) is 27.7. The van der Waals surface area contributed by atoms with E-state index in [1.165, 1.54) is 5.56 Å². The molecule has 2 N–H and O–H groups in total. The number of nitrogens with two attached hydrogens (primary N) is 1. The van der Waals surface area contributed by atoms with Crippen LogP contribution in [-0.4, -0.2) is 41.0 Å². The lowest BCUT2D eigenvalue weighted by Crippen LogP contribution is -2.23. The number of imidazole rings is 1. The van der Waals surface area contributed by atoms with E-state index in [1.54, 1.807) is 0 Å². The third-order valence-electron chi connectivity index (χ3n) is 7.17. The summed E-state index contributed by atoms with van der Waals surface area (Å²) in [5.74, 6) is 1.09. The van der Waals surface area contributed by atoms with Crippen LogP contribution in [0.3, 0.4) is 0 Å². The van der Waals surface area contributed by atoms with Crippen molar-refractivity contribution in [2.24, 2.45) is 0 Å². The van der Waals surface area contributed by atoms with Crippen molar-refractivity contribution in [3.8, 4) is 0 Å². The van der Waals surface area contributed by atoms with Crippen LogP contribution in [0.15, 0.2) is 48.5 Å². The fourth-order valence-electron chi connectivity index (χ4n) is 5.14. The molecule has 1 aliphatic rings. The van der Waals surface area contributed by atoms with Gasteiger partial charge in [0.15, 0.2) is 5.82 Å².